The predicted molar refractivity (Wildman–Crippen MR) is 65.4 cm³/mol. The topological polar surface area (TPSA) is 52.6 Å². The van der Waals surface area contributed by atoms with Gasteiger partial charge in [0.1, 0.15) is 0 Å². The Labute approximate surface area is 103 Å². The van der Waals surface area contributed by atoms with Crippen LogP contribution in [0.5, 0.6) is 0 Å². The summed E-state index contributed by atoms with van der Waals surface area (Å²) in [7, 11) is 2.64. The van der Waals surface area contributed by atoms with E-state index in [4.69, 9.17) is 9.47 Å². The first-order chi connectivity index (χ1) is 7.97. The second kappa shape index (κ2) is 7.87. The third-order valence-electron chi connectivity index (χ3n) is 2.34. The zero-order valence-corrected chi connectivity index (χ0v) is 11.3. The summed E-state index contributed by atoms with van der Waals surface area (Å²) < 4.78 is 9.45. The lowest BCUT2D eigenvalue weighted by molar-refractivity contribution is -0.139. The lowest BCUT2D eigenvalue weighted by atomic mass is 9.95. The lowest BCUT2D eigenvalue weighted by Crippen LogP contribution is -2.16. The fraction of sp³-hybridized carbons (Fsp3) is 0.692. The zero-order chi connectivity index (χ0) is 13.4. The summed E-state index contributed by atoms with van der Waals surface area (Å²) in [6, 6.07) is 0. The molecule has 0 bridgehead atoms. The number of methoxy groups -OCH3 is 2. The average molecular weight is 242 g/mol. The van der Waals surface area contributed by atoms with E-state index in [0.29, 0.717) is 24.0 Å². The van der Waals surface area contributed by atoms with E-state index in [-0.39, 0.29) is 5.92 Å². The number of hydrogen-bond acceptors (Lipinski definition) is 4. The van der Waals surface area contributed by atoms with Gasteiger partial charge < -0.3 is 9.47 Å². The minimum atomic E-state index is -0.437. The van der Waals surface area contributed by atoms with Gasteiger partial charge in [0.15, 0.2) is 0 Å². The predicted octanol–water partition coefficient (Wildman–Crippen LogP) is 2.48. The highest BCUT2D eigenvalue weighted by molar-refractivity contribution is 6.00. The Morgan fingerprint density at radius 3 is 1.82 bits per heavy atom. The van der Waals surface area contributed by atoms with Gasteiger partial charge in [-0.3, -0.25) is 0 Å². The summed E-state index contributed by atoms with van der Waals surface area (Å²) in [5.41, 5.74) is 0.881. The molecule has 98 valence electrons. The van der Waals surface area contributed by atoms with Crippen LogP contribution in [-0.2, 0) is 19.1 Å². The van der Waals surface area contributed by atoms with Gasteiger partial charge in [0.25, 0.3) is 0 Å². The van der Waals surface area contributed by atoms with E-state index >= 15 is 0 Å². The molecule has 0 N–H and O–H groups in total. The summed E-state index contributed by atoms with van der Waals surface area (Å²) in [6.45, 7) is 5.93. The van der Waals surface area contributed by atoms with Crippen molar-refractivity contribution in [3.05, 3.63) is 11.1 Å². The maximum atomic E-state index is 11.7. The van der Waals surface area contributed by atoms with Gasteiger partial charge in [0, 0.05) is 11.1 Å². The Morgan fingerprint density at radius 1 is 1.00 bits per heavy atom. The van der Waals surface area contributed by atoms with E-state index < -0.39 is 11.9 Å². The number of carbonyl (C=O) groups excluding carboxylic acids is 2. The maximum Gasteiger partial charge on any atom is 0.334 e. The molecule has 0 rings (SSSR count). The molecule has 0 aliphatic heterocycles. The quantitative estimate of drug-likeness (QED) is 0.530. The van der Waals surface area contributed by atoms with Crippen LogP contribution in [0.2, 0.25) is 0 Å². The Morgan fingerprint density at radius 2 is 1.47 bits per heavy atom. The molecule has 0 spiro atoms. The largest absolute Gasteiger partial charge is 0.466 e. The van der Waals surface area contributed by atoms with Gasteiger partial charge in [-0.2, -0.15) is 0 Å². The molecule has 0 atom stereocenters. The van der Waals surface area contributed by atoms with Crippen molar-refractivity contribution in [3.63, 3.8) is 0 Å². The van der Waals surface area contributed by atoms with Crippen molar-refractivity contribution in [1.29, 1.82) is 0 Å². The number of carbonyl (C=O) groups is 2. The van der Waals surface area contributed by atoms with Crippen molar-refractivity contribution in [3.8, 4) is 0 Å². The van der Waals surface area contributed by atoms with Gasteiger partial charge in [0.2, 0.25) is 0 Å². The SMILES string of the molecule is CCCC(C(=O)OC)=C(CC(C)C)C(=O)OC. The molecule has 0 saturated heterocycles. The monoisotopic (exact) mass is 242 g/mol. The van der Waals surface area contributed by atoms with Crippen molar-refractivity contribution in [2.24, 2.45) is 5.92 Å². The highest BCUT2D eigenvalue weighted by Gasteiger charge is 2.22. The van der Waals surface area contributed by atoms with Crippen molar-refractivity contribution >= 4 is 11.9 Å². The summed E-state index contributed by atoms with van der Waals surface area (Å²) in [6.07, 6.45) is 1.84. The summed E-state index contributed by atoms with van der Waals surface area (Å²) >= 11 is 0. The molecule has 0 fully saturated rings. The van der Waals surface area contributed by atoms with E-state index in [2.05, 4.69) is 0 Å². The molecule has 0 aromatic carbocycles. The van der Waals surface area contributed by atoms with Gasteiger partial charge in [-0.1, -0.05) is 27.2 Å². The smallest absolute Gasteiger partial charge is 0.334 e. The Hall–Kier alpha value is -1.32. The summed E-state index contributed by atoms with van der Waals surface area (Å²) in [5.74, 6) is -0.596. The molecular formula is C13H22O4. The number of hydrogen-bond donors (Lipinski definition) is 0. The molecule has 0 aliphatic carbocycles. The third kappa shape index (κ3) is 5.02. The number of esters is 2. The molecule has 0 unspecified atom stereocenters. The molecule has 0 aliphatic rings. The standard InChI is InChI=1S/C13H22O4/c1-6-7-10(12(14)16-4)11(8-9(2)3)13(15)17-5/h9H,6-8H2,1-5H3. The third-order valence-corrected chi connectivity index (χ3v) is 2.34. The molecule has 4 heteroatoms. The molecule has 17 heavy (non-hydrogen) atoms. The fourth-order valence-corrected chi connectivity index (χ4v) is 1.61. The first-order valence-corrected chi connectivity index (χ1v) is 5.86. The molecule has 0 aromatic heterocycles. The van der Waals surface area contributed by atoms with Gasteiger partial charge in [-0.15, -0.1) is 0 Å². The van der Waals surface area contributed by atoms with E-state index in [0.717, 1.165) is 6.42 Å². The van der Waals surface area contributed by atoms with E-state index in [1.807, 2.05) is 20.8 Å². The zero-order valence-electron chi connectivity index (χ0n) is 11.3. The van der Waals surface area contributed by atoms with Crippen molar-refractivity contribution in [1.82, 2.24) is 0 Å². The number of rotatable bonds is 6. The molecule has 0 aromatic rings. The van der Waals surface area contributed by atoms with Crippen molar-refractivity contribution in [2.45, 2.75) is 40.0 Å². The van der Waals surface area contributed by atoms with Crippen LogP contribution in [0, 0.1) is 5.92 Å². The van der Waals surface area contributed by atoms with E-state index in [1.165, 1.54) is 14.2 Å². The fourth-order valence-electron chi connectivity index (χ4n) is 1.61. The Kier molecular flexibility index (Phi) is 7.26. The molecule has 0 radical (unpaired) electrons. The minimum absolute atomic E-state index is 0.278. The highest BCUT2D eigenvalue weighted by Crippen LogP contribution is 2.21. The highest BCUT2D eigenvalue weighted by atomic mass is 16.5. The normalized spacial score (nSPS) is 12.1. The molecule has 0 saturated carbocycles. The van der Waals surface area contributed by atoms with Crippen molar-refractivity contribution in [2.75, 3.05) is 14.2 Å². The van der Waals surface area contributed by atoms with Gasteiger partial charge in [0.05, 0.1) is 14.2 Å². The summed E-state index contributed by atoms with van der Waals surface area (Å²) in [5, 5.41) is 0. The van der Waals surface area contributed by atoms with Gasteiger partial charge in [-0.25, -0.2) is 9.59 Å². The van der Waals surface area contributed by atoms with Crippen LogP contribution in [0.25, 0.3) is 0 Å². The van der Waals surface area contributed by atoms with E-state index in [9.17, 15) is 9.59 Å². The van der Waals surface area contributed by atoms with Crippen LogP contribution >= 0.6 is 0 Å². The Bertz CT molecular complexity index is 303. The first kappa shape index (κ1) is 15.7. The molecule has 4 nitrogen and oxygen atoms in total. The van der Waals surface area contributed by atoms with Crippen LogP contribution in [0.3, 0.4) is 0 Å². The van der Waals surface area contributed by atoms with Crippen molar-refractivity contribution < 1.29 is 19.1 Å². The van der Waals surface area contributed by atoms with Crippen LogP contribution in [0.1, 0.15) is 40.0 Å². The second-order valence-electron chi connectivity index (χ2n) is 4.29. The minimum Gasteiger partial charge on any atom is -0.466 e. The lowest BCUT2D eigenvalue weighted by Gasteiger charge is -2.13. The van der Waals surface area contributed by atoms with Crippen LogP contribution in [0.4, 0.5) is 0 Å². The van der Waals surface area contributed by atoms with Gasteiger partial charge in [-0.05, 0) is 18.8 Å². The van der Waals surface area contributed by atoms with Gasteiger partial charge >= 0.3 is 11.9 Å². The van der Waals surface area contributed by atoms with E-state index in [1.54, 1.807) is 0 Å². The van der Waals surface area contributed by atoms with Crippen LogP contribution in [-0.4, -0.2) is 26.2 Å². The maximum absolute atomic E-state index is 11.7. The molecular weight excluding hydrogens is 220 g/mol. The number of ether oxygens (including phenoxy) is 2. The Balaban J connectivity index is 5.37. The van der Waals surface area contributed by atoms with Crippen LogP contribution < -0.4 is 0 Å². The van der Waals surface area contributed by atoms with Crippen LogP contribution in [0.15, 0.2) is 11.1 Å². The second-order valence-corrected chi connectivity index (χ2v) is 4.29. The average Bonchev–Trinajstić information content (AvgIpc) is 2.31. The summed E-state index contributed by atoms with van der Waals surface area (Å²) in [4.78, 5) is 23.4. The first-order valence-electron chi connectivity index (χ1n) is 5.86. The molecule has 0 heterocycles. The molecule has 0 amide bonds.